The molecule has 6 nitrogen and oxygen atoms in total. The van der Waals surface area contributed by atoms with Gasteiger partial charge in [0, 0.05) is 25.7 Å². The predicted octanol–water partition coefficient (Wildman–Crippen LogP) is 2.66. The van der Waals surface area contributed by atoms with Gasteiger partial charge in [0.25, 0.3) is 0 Å². The third-order valence-electron chi connectivity index (χ3n) is 3.75. The van der Waals surface area contributed by atoms with Crippen molar-refractivity contribution in [2.45, 2.75) is 26.7 Å². The Morgan fingerprint density at radius 2 is 1.93 bits per heavy atom. The summed E-state index contributed by atoms with van der Waals surface area (Å²) in [5, 5.41) is 9.11. The van der Waals surface area contributed by atoms with Gasteiger partial charge in [0.15, 0.2) is 5.96 Å². The van der Waals surface area contributed by atoms with E-state index in [4.69, 9.17) is 0 Å². The highest BCUT2D eigenvalue weighted by molar-refractivity contribution is 5.90. The number of hydrogen-bond donors (Lipinski definition) is 3. The Hall–Kier alpha value is -2.96. The van der Waals surface area contributed by atoms with Crippen molar-refractivity contribution in [2.75, 3.05) is 25.0 Å². The molecule has 2 rings (SSSR count). The van der Waals surface area contributed by atoms with Crippen molar-refractivity contribution in [3.05, 3.63) is 59.5 Å². The van der Waals surface area contributed by atoms with Crippen LogP contribution in [0.5, 0.6) is 0 Å². The van der Waals surface area contributed by atoms with Crippen LogP contribution in [0.25, 0.3) is 0 Å². The number of anilines is 1. The van der Waals surface area contributed by atoms with Crippen LogP contribution in [0.1, 0.15) is 24.5 Å². The Morgan fingerprint density at radius 3 is 2.59 bits per heavy atom. The number of rotatable bonds is 8. The van der Waals surface area contributed by atoms with Crippen molar-refractivity contribution in [1.29, 1.82) is 0 Å². The Kier molecular flexibility index (Phi) is 8.22. The summed E-state index contributed by atoms with van der Waals surface area (Å²) in [6.45, 7) is 5.67. The molecule has 2 aromatic rings. The summed E-state index contributed by atoms with van der Waals surface area (Å²) in [6, 6.07) is 10.1. The number of halogens is 1. The van der Waals surface area contributed by atoms with E-state index < -0.39 is 0 Å². The highest BCUT2D eigenvalue weighted by atomic mass is 19.1. The van der Waals surface area contributed by atoms with Crippen LogP contribution in [0.2, 0.25) is 0 Å². The van der Waals surface area contributed by atoms with Crippen LogP contribution < -0.4 is 16.0 Å². The number of guanidine groups is 1. The molecule has 7 heteroatoms. The molecular formula is C20H26FN5O. The van der Waals surface area contributed by atoms with E-state index in [1.807, 2.05) is 19.9 Å². The van der Waals surface area contributed by atoms with E-state index in [1.54, 1.807) is 24.4 Å². The molecule has 0 radical (unpaired) electrons. The van der Waals surface area contributed by atoms with Crippen LogP contribution in [-0.4, -0.2) is 36.5 Å². The van der Waals surface area contributed by atoms with Crippen molar-refractivity contribution in [3.63, 3.8) is 0 Å². The number of carbonyl (C=O) groups is 1. The molecule has 144 valence electrons. The number of aromatic nitrogens is 1. The molecule has 1 heterocycles. The van der Waals surface area contributed by atoms with E-state index in [2.05, 4.69) is 25.9 Å². The van der Waals surface area contributed by atoms with Gasteiger partial charge < -0.3 is 16.0 Å². The molecule has 0 spiro atoms. The second-order valence-electron chi connectivity index (χ2n) is 6.08. The predicted molar refractivity (Wildman–Crippen MR) is 106 cm³/mol. The van der Waals surface area contributed by atoms with Gasteiger partial charge in [-0.15, -0.1) is 0 Å². The summed E-state index contributed by atoms with van der Waals surface area (Å²) in [6.07, 6.45) is 2.73. The van der Waals surface area contributed by atoms with Crippen LogP contribution in [0.15, 0.2) is 47.6 Å². The Labute approximate surface area is 159 Å². The maximum atomic E-state index is 12.9. The molecule has 1 aromatic heterocycles. The quantitative estimate of drug-likeness (QED) is 0.492. The summed E-state index contributed by atoms with van der Waals surface area (Å²) in [4.78, 5) is 20.5. The minimum absolute atomic E-state index is 0.128. The Bertz CT molecular complexity index is 744. The van der Waals surface area contributed by atoms with E-state index in [0.29, 0.717) is 24.9 Å². The van der Waals surface area contributed by atoms with Crippen molar-refractivity contribution in [3.8, 4) is 0 Å². The fourth-order valence-electron chi connectivity index (χ4n) is 2.33. The van der Waals surface area contributed by atoms with E-state index in [-0.39, 0.29) is 18.1 Å². The minimum Gasteiger partial charge on any atom is -0.357 e. The number of benzene rings is 1. The molecule has 0 aliphatic carbocycles. The molecule has 27 heavy (non-hydrogen) atoms. The molecule has 0 aliphatic rings. The monoisotopic (exact) mass is 371 g/mol. The highest BCUT2D eigenvalue weighted by Crippen LogP contribution is 2.04. The van der Waals surface area contributed by atoms with Gasteiger partial charge in [-0.2, -0.15) is 0 Å². The third-order valence-corrected chi connectivity index (χ3v) is 3.75. The SMILES string of the molecule is CCNC(=NCCC(=O)Nc1ccc(C)cn1)NCCc1ccc(F)cc1. The minimum atomic E-state index is -0.235. The van der Waals surface area contributed by atoms with Gasteiger partial charge in [-0.05, 0) is 49.6 Å². The summed E-state index contributed by atoms with van der Waals surface area (Å²) in [7, 11) is 0. The fraction of sp³-hybridized carbons (Fsp3) is 0.350. The van der Waals surface area contributed by atoms with Crippen LogP contribution in [0, 0.1) is 12.7 Å². The molecule has 0 bridgehead atoms. The van der Waals surface area contributed by atoms with E-state index >= 15 is 0 Å². The molecule has 1 amide bonds. The largest absolute Gasteiger partial charge is 0.357 e. The number of pyridine rings is 1. The van der Waals surface area contributed by atoms with E-state index in [1.165, 1.54) is 12.1 Å². The molecule has 0 atom stereocenters. The molecular weight excluding hydrogens is 345 g/mol. The summed E-state index contributed by atoms with van der Waals surface area (Å²) < 4.78 is 12.9. The van der Waals surface area contributed by atoms with Crippen LogP contribution >= 0.6 is 0 Å². The van der Waals surface area contributed by atoms with E-state index in [9.17, 15) is 9.18 Å². The molecule has 0 saturated heterocycles. The van der Waals surface area contributed by atoms with E-state index in [0.717, 1.165) is 24.1 Å². The average Bonchev–Trinajstić information content (AvgIpc) is 2.65. The van der Waals surface area contributed by atoms with Gasteiger partial charge in [-0.25, -0.2) is 9.37 Å². The third kappa shape index (κ3) is 7.85. The zero-order chi connectivity index (χ0) is 19.5. The van der Waals surface area contributed by atoms with Crippen molar-refractivity contribution in [2.24, 2.45) is 4.99 Å². The maximum absolute atomic E-state index is 12.9. The molecule has 3 N–H and O–H groups in total. The first-order valence-corrected chi connectivity index (χ1v) is 9.06. The van der Waals surface area contributed by atoms with Crippen molar-refractivity contribution < 1.29 is 9.18 Å². The molecule has 0 saturated carbocycles. The number of amides is 1. The number of nitrogens with zero attached hydrogens (tertiary/aromatic N) is 2. The maximum Gasteiger partial charge on any atom is 0.227 e. The fourth-order valence-corrected chi connectivity index (χ4v) is 2.33. The topological polar surface area (TPSA) is 78.4 Å². The lowest BCUT2D eigenvalue weighted by Crippen LogP contribution is -2.38. The smallest absolute Gasteiger partial charge is 0.227 e. The second-order valence-corrected chi connectivity index (χ2v) is 6.08. The first kappa shape index (κ1) is 20.4. The number of nitrogens with one attached hydrogen (secondary N) is 3. The number of carbonyl (C=O) groups excluding carboxylic acids is 1. The van der Waals surface area contributed by atoms with Gasteiger partial charge >= 0.3 is 0 Å². The Balaban J connectivity index is 1.75. The number of aliphatic imine (C=N–C) groups is 1. The van der Waals surface area contributed by atoms with Gasteiger partial charge in [-0.1, -0.05) is 18.2 Å². The van der Waals surface area contributed by atoms with Crippen LogP contribution in [0.4, 0.5) is 10.2 Å². The van der Waals surface area contributed by atoms with Gasteiger partial charge in [0.1, 0.15) is 11.6 Å². The number of hydrogen-bond acceptors (Lipinski definition) is 3. The summed E-state index contributed by atoms with van der Waals surface area (Å²) in [5.74, 6) is 0.831. The second kappa shape index (κ2) is 10.9. The van der Waals surface area contributed by atoms with Crippen LogP contribution in [0.3, 0.4) is 0 Å². The zero-order valence-corrected chi connectivity index (χ0v) is 15.8. The number of aryl methyl sites for hydroxylation is 1. The molecule has 1 aromatic carbocycles. The lowest BCUT2D eigenvalue weighted by atomic mass is 10.1. The standard InChI is InChI=1S/C20H26FN5O/c1-3-22-20(23-12-10-16-5-7-17(21)8-6-16)24-13-11-19(27)26-18-9-4-15(2)14-25-18/h4-9,14H,3,10-13H2,1-2H3,(H2,22,23,24)(H,25,26,27). The zero-order valence-electron chi connectivity index (χ0n) is 15.8. The Morgan fingerprint density at radius 1 is 1.15 bits per heavy atom. The molecule has 0 fully saturated rings. The lowest BCUT2D eigenvalue weighted by Gasteiger charge is -2.11. The highest BCUT2D eigenvalue weighted by Gasteiger charge is 2.04. The first-order chi connectivity index (χ1) is 13.1. The normalized spacial score (nSPS) is 11.1. The van der Waals surface area contributed by atoms with Crippen molar-refractivity contribution in [1.82, 2.24) is 15.6 Å². The van der Waals surface area contributed by atoms with Crippen LogP contribution in [-0.2, 0) is 11.2 Å². The molecule has 0 aliphatic heterocycles. The lowest BCUT2D eigenvalue weighted by molar-refractivity contribution is -0.116. The average molecular weight is 371 g/mol. The van der Waals surface area contributed by atoms with Gasteiger partial charge in [0.05, 0.1) is 6.54 Å². The first-order valence-electron chi connectivity index (χ1n) is 9.06. The van der Waals surface area contributed by atoms with Gasteiger partial charge in [0.2, 0.25) is 5.91 Å². The summed E-state index contributed by atoms with van der Waals surface area (Å²) in [5.41, 5.74) is 2.09. The van der Waals surface area contributed by atoms with Crippen molar-refractivity contribution >= 4 is 17.7 Å². The van der Waals surface area contributed by atoms with Gasteiger partial charge in [-0.3, -0.25) is 9.79 Å². The summed E-state index contributed by atoms with van der Waals surface area (Å²) >= 11 is 0. The molecule has 0 unspecified atom stereocenters.